The van der Waals surface area contributed by atoms with Crippen molar-refractivity contribution in [2.45, 2.75) is 13.3 Å². The zero-order valence-electron chi connectivity index (χ0n) is 13.1. The van der Waals surface area contributed by atoms with Crippen molar-refractivity contribution in [2.75, 3.05) is 19.8 Å². The number of hydrogen-bond acceptors (Lipinski definition) is 4. The van der Waals surface area contributed by atoms with Crippen LogP contribution in [0.3, 0.4) is 0 Å². The molecule has 0 radical (unpaired) electrons. The van der Waals surface area contributed by atoms with Crippen molar-refractivity contribution in [3.05, 3.63) is 54.1 Å². The average Bonchev–Trinajstić information content (AvgIpc) is 2.56. The summed E-state index contributed by atoms with van der Waals surface area (Å²) in [7, 11) is 0. The fourth-order valence-electron chi connectivity index (χ4n) is 2.01. The molecular formula is C18H21NO4. The van der Waals surface area contributed by atoms with E-state index in [0.717, 1.165) is 11.3 Å². The Kier molecular flexibility index (Phi) is 6.29. The lowest BCUT2D eigenvalue weighted by molar-refractivity contribution is -0.123. The van der Waals surface area contributed by atoms with Crippen LogP contribution in [0.2, 0.25) is 0 Å². The summed E-state index contributed by atoms with van der Waals surface area (Å²) in [6, 6.07) is 14.1. The normalized spacial score (nSPS) is 10.1. The zero-order valence-corrected chi connectivity index (χ0v) is 13.1. The van der Waals surface area contributed by atoms with E-state index in [1.54, 1.807) is 24.3 Å². The van der Waals surface area contributed by atoms with Gasteiger partial charge < -0.3 is 19.9 Å². The lowest BCUT2D eigenvalue weighted by Crippen LogP contribution is -2.30. The fourth-order valence-corrected chi connectivity index (χ4v) is 2.01. The smallest absolute Gasteiger partial charge is 0.257 e. The Balaban J connectivity index is 1.67. The van der Waals surface area contributed by atoms with Crippen LogP contribution in [0, 0.1) is 0 Å². The molecule has 0 aliphatic carbocycles. The Bertz CT molecular complexity index is 608. The SMILES string of the molecule is CCOc1ccc(OCC(=O)NCCc2ccc(O)cc2)cc1. The van der Waals surface area contributed by atoms with Crippen LogP contribution >= 0.6 is 0 Å². The molecule has 0 saturated carbocycles. The summed E-state index contributed by atoms with van der Waals surface area (Å²) < 4.78 is 10.8. The first-order chi connectivity index (χ1) is 11.2. The van der Waals surface area contributed by atoms with Crippen molar-refractivity contribution < 1.29 is 19.4 Å². The number of aromatic hydroxyl groups is 1. The maximum atomic E-state index is 11.7. The molecule has 122 valence electrons. The summed E-state index contributed by atoms with van der Waals surface area (Å²) in [5.41, 5.74) is 1.05. The number of carbonyl (C=O) groups is 1. The molecular weight excluding hydrogens is 294 g/mol. The molecule has 0 aliphatic heterocycles. The van der Waals surface area contributed by atoms with Crippen molar-refractivity contribution in [1.82, 2.24) is 5.32 Å². The van der Waals surface area contributed by atoms with Gasteiger partial charge in [0.25, 0.3) is 5.91 Å². The van der Waals surface area contributed by atoms with Gasteiger partial charge in [0.15, 0.2) is 6.61 Å². The van der Waals surface area contributed by atoms with Gasteiger partial charge >= 0.3 is 0 Å². The van der Waals surface area contributed by atoms with Crippen LogP contribution in [0.1, 0.15) is 12.5 Å². The number of ether oxygens (including phenoxy) is 2. The fraction of sp³-hybridized carbons (Fsp3) is 0.278. The second kappa shape index (κ2) is 8.68. The highest BCUT2D eigenvalue weighted by Gasteiger charge is 2.03. The van der Waals surface area contributed by atoms with Crippen LogP contribution in [-0.2, 0) is 11.2 Å². The van der Waals surface area contributed by atoms with Crippen LogP contribution < -0.4 is 14.8 Å². The summed E-state index contributed by atoms with van der Waals surface area (Å²) in [6.07, 6.45) is 0.703. The molecule has 0 spiro atoms. The lowest BCUT2D eigenvalue weighted by Gasteiger charge is -2.08. The van der Waals surface area contributed by atoms with E-state index in [0.29, 0.717) is 25.3 Å². The first-order valence-electron chi connectivity index (χ1n) is 7.57. The molecule has 0 heterocycles. The van der Waals surface area contributed by atoms with Gasteiger partial charge in [-0.05, 0) is 55.3 Å². The number of rotatable bonds is 8. The van der Waals surface area contributed by atoms with Crippen molar-refractivity contribution in [3.63, 3.8) is 0 Å². The van der Waals surface area contributed by atoms with Crippen molar-refractivity contribution in [3.8, 4) is 17.2 Å². The number of benzene rings is 2. The minimum absolute atomic E-state index is 0.0242. The van der Waals surface area contributed by atoms with E-state index in [4.69, 9.17) is 9.47 Å². The van der Waals surface area contributed by atoms with E-state index in [1.165, 1.54) is 0 Å². The van der Waals surface area contributed by atoms with Gasteiger partial charge in [-0.3, -0.25) is 4.79 Å². The quantitative estimate of drug-likeness (QED) is 0.785. The molecule has 0 aliphatic rings. The third kappa shape index (κ3) is 5.90. The van der Waals surface area contributed by atoms with Gasteiger partial charge in [-0.1, -0.05) is 12.1 Å². The number of carbonyl (C=O) groups excluding carboxylic acids is 1. The highest BCUT2D eigenvalue weighted by Crippen LogP contribution is 2.17. The average molecular weight is 315 g/mol. The molecule has 1 amide bonds. The maximum absolute atomic E-state index is 11.7. The Hall–Kier alpha value is -2.69. The van der Waals surface area contributed by atoms with Gasteiger partial charge in [-0.25, -0.2) is 0 Å². The molecule has 0 bridgehead atoms. The molecule has 0 aromatic heterocycles. The van der Waals surface area contributed by atoms with Gasteiger partial charge in [0.1, 0.15) is 17.2 Å². The van der Waals surface area contributed by atoms with Gasteiger partial charge in [-0.2, -0.15) is 0 Å². The predicted octanol–water partition coefficient (Wildman–Crippen LogP) is 2.53. The van der Waals surface area contributed by atoms with Crippen molar-refractivity contribution in [1.29, 1.82) is 0 Å². The first-order valence-corrected chi connectivity index (χ1v) is 7.57. The number of phenols is 1. The zero-order chi connectivity index (χ0) is 16.5. The number of hydrogen-bond donors (Lipinski definition) is 2. The predicted molar refractivity (Wildman–Crippen MR) is 87.9 cm³/mol. The number of phenolic OH excluding ortho intramolecular Hbond substituents is 1. The van der Waals surface area contributed by atoms with E-state index >= 15 is 0 Å². The highest BCUT2D eigenvalue weighted by molar-refractivity contribution is 5.77. The monoisotopic (exact) mass is 315 g/mol. The molecule has 0 fully saturated rings. The van der Waals surface area contributed by atoms with Gasteiger partial charge in [-0.15, -0.1) is 0 Å². The standard InChI is InChI=1S/C18H21NO4/c1-2-22-16-7-9-17(10-8-16)23-13-18(21)19-12-11-14-3-5-15(20)6-4-14/h3-10,20H,2,11-13H2,1H3,(H,19,21). The second-order valence-electron chi connectivity index (χ2n) is 4.96. The minimum Gasteiger partial charge on any atom is -0.508 e. The molecule has 5 heteroatoms. The number of amides is 1. The number of nitrogens with one attached hydrogen (secondary N) is 1. The van der Waals surface area contributed by atoms with E-state index in [-0.39, 0.29) is 18.3 Å². The van der Waals surface area contributed by atoms with Crippen LogP contribution in [0.5, 0.6) is 17.2 Å². The summed E-state index contributed by atoms with van der Waals surface area (Å²) in [6.45, 7) is 3.04. The van der Waals surface area contributed by atoms with Gasteiger partial charge in [0, 0.05) is 6.54 Å². The molecule has 2 N–H and O–H groups in total. The highest BCUT2D eigenvalue weighted by atomic mass is 16.5. The summed E-state index contributed by atoms with van der Waals surface area (Å²) in [5.74, 6) is 1.47. The van der Waals surface area contributed by atoms with E-state index in [1.807, 2.05) is 31.2 Å². The van der Waals surface area contributed by atoms with Crippen LogP contribution in [-0.4, -0.2) is 30.8 Å². The van der Waals surface area contributed by atoms with Crippen molar-refractivity contribution in [2.24, 2.45) is 0 Å². The van der Waals surface area contributed by atoms with E-state index in [2.05, 4.69) is 5.32 Å². The van der Waals surface area contributed by atoms with Crippen LogP contribution in [0.25, 0.3) is 0 Å². The molecule has 2 aromatic carbocycles. The Morgan fingerprint density at radius 3 is 2.22 bits per heavy atom. The van der Waals surface area contributed by atoms with Crippen molar-refractivity contribution >= 4 is 5.91 Å². The Morgan fingerprint density at radius 1 is 1.00 bits per heavy atom. The minimum atomic E-state index is -0.169. The first kappa shape index (κ1) is 16.7. The van der Waals surface area contributed by atoms with Gasteiger partial charge in [0.2, 0.25) is 0 Å². The topological polar surface area (TPSA) is 67.8 Å². The maximum Gasteiger partial charge on any atom is 0.257 e. The second-order valence-corrected chi connectivity index (χ2v) is 4.96. The summed E-state index contributed by atoms with van der Waals surface area (Å²) >= 11 is 0. The molecule has 5 nitrogen and oxygen atoms in total. The lowest BCUT2D eigenvalue weighted by atomic mass is 10.1. The van der Waals surface area contributed by atoms with Crippen LogP contribution in [0.15, 0.2) is 48.5 Å². The third-order valence-corrected chi connectivity index (χ3v) is 3.18. The third-order valence-electron chi connectivity index (χ3n) is 3.18. The van der Waals surface area contributed by atoms with E-state index in [9.17, 15) is 9.90 Å². The molecule has 2 aromatic rings. The molecule has 0 atom stereocenters. The molecule has 0 saturated heterocycles. The van der Waals surface area contributed by atoms with Gasteiger partial charge in [0.05, 0.1) is 6.61 Å². The molecule has 23 heavy (non-hydrogen) atoms. The van der Waals surface area contributed by atoms with E-state index < -0.39 is 0 Å². The Morgan fingerprint density at radius 2 is 1.61 bits per heavy atom. The largest absolute Gasteiger partial charge is 0.508 e. The molecule has 0 unspecified atom stereocenters. The summed E-state index contributed by atoms with van der Waals surface area (Å²) in [5, 5.41) is 12.0. The van der Waals surface area contributed by atoms with Crippen LogP contribution in [0.4, 0.5) is 0 Å². The summed E-state index contributed by atoms with van der Waals surface area (Å²) in [4.78, 5) is 11.7. The molecule has 2 rings (SSSR count). The Labute approximate surface area is 135 Å².